The molecule has 2 atom stereocenters. The smallest absolute Gasteiger partial charge is 0.322 e. The molecular formula is C12H16BrNO2. The predicted octanol–water partition coefficient (Wildman–Crippen LogP) is 2.66. The summed E-state index contributed by atoms with van der Waals surface area (Å²) in [4.78, 5) is 11.2. The number of methoxy groups -OCH3 is 1. The zero-order chi connectivity index (χ0) is 12.1. The molecule has 0 spiro atoms. The van der Waals surface area contributed by atoms with Gasteiger partial charge in [0.1, 0.15) is 6.04 Å². The first kappa shape index (κ1) is 13.2. The maximum atomic E-state index is 11.2. The van der Waals surface area contributed by atoms with E-state index >= 15 is 0 Å². The van der Waals surface area contributed by atoms with Crippen molar-refractivity contribution in [3.05, 3.63) is 34.3 Å². The summed E-state index contributed by atoms with van der Waals surface area (Å²) >= 11 is 3.39. The Kier molecular flexibility index (Phi) is 4.96. The van der Waals surface area contributed by atoms with Crippen molar-refractivity contribution in [1.82, 2.24) is 5.32 Å². The quantitative estimate of drug-likeness (QED) is 0.865. The molecule has 2 unspecified atom stereocenters. The highest BCUT2D eigenvalue weighted by molar-refractivity contribution is 9.10. The zero-order valence-corrected chi connectivity index (χ0v) is 11.2. The Bertz CT molecular complexity index is 351. The third-order valence-corrected chi connectivity index (χ3v) is 2.95. The molecule has 0 aromatic heterocycles. The van der Waals surface area contributed by atoms with E-state index in [4.69, 9.17) is 0 Å². The molecule has 0 aliphatic rings. The zero-order valence-electron chi connectivity index (χ0n) is 9.66. The number of halogens is 1. The van der Waals surface area contributed by atoms with Crippen LogP contribution in [-0.4, -0.2) is 19.1 Å². The Morgan fingerprint density at radius 1 is 1.31 bits per heavy atom. The minimum absolute atomic E-state index is 0.113. The van der Waals surface area contributed by atoms with Gasteiger partial charge in [-0.05, 0) is 31.5 Å². The van der Waals surface area contributed by atoms with Crippen LogP contribution >= 0.6 is 15.9 Å². The third-order valence-electron chi connectivity index (χ3n) is 2.42. The summed E-state index contributed by atoms with van der Waals surface area (Å²) < 4.78 is 5.70. The van der Waals surface area contributed by atoms with E-state index in [9.17, 15) is 4.79 Å². The number of hydrogen-bond donors (Lipinski definition) is 1. The number of rotatable bonds is 4. The molecule has 0 fully saturated rings. The monoisotopic (exact) mass is 285 g/mol. The Balaban J connectivity index is 2.61. The van der Waals surface area contributed by atoms with E-state index < -0.39 is 0 Å². The summed E-state index contributed by atoms with van der Waals surface area (Å²) in [6.07, 6.45) is 0. The van der Waals surface area contributed by atoms with Crippen LogP contribution in [0.2, 0.25) is 0 Å². The third kappa shape index (κ3) is 3.61. The Morgan fingerprint density at radius 3 is 2.38 bits per heavy atom. The van der Waals surface area contributed by atoms with Gasteiger partial charge in [0.15, 0.2) is 0 Å². The maximum absolute atomic E-state index is 11.2. The summed E-state index contributed by atoms with van der Waals surface area (Å²) in [5.41, 5.74) is 1.14. The molecule has 1 aromatic carbocycles. The maximum Gasteiger partial charge on any atom is 0.322 e. The highest BCUT2D eigenvalue weighted by Crippen LogP contribution is 2.16. The van der Waals surface area contributed by atoms with Gasteiger partial charge in [-0.1, -0.05) is 28.1 Å². The summed E-state index contributed by atoms with van der Waals surface area (Å²) in [5.74, 6) is -0.246. The average Bonchev–Trinajstić information content (AvgIpc) is 2.28. The van der Waals surface area contributed by atoms with E-state index in [-0.39, 0.29) is 18.1 Å². The van der Waals surface area contributed by atoms with Crippen molar-refractivity contribution in [1.29, 1.82) is 0 Å². The Hall–Kier alpha value is -0.870. The molecule has 88 valence electrons. The molecule has 0 bridgehead atoms. The van der Waals surface area contributed by atoms with Gasteiger partial charge in [0, 0.05) is 10.5 Å². The van der Waals surface area contributed by atoms with Crippen molar-refractivity contribution >= 4 is 21.9 Å². The summed E-state index contributed by atoms with van der Waals surface area (Å²) in [6, 6.07) is 7.82. The van der Waals surface area contributed by atoms with Crippen molar-refractivity contribution in [3.63, 3.8) is 0 Å². The van der Waals surface area contributed by atoms with E-state index in [0.717, 1.165) is 10.0 Å². The number of esters is 1. The van der Waals surface area contributed by atoms with Crippen LogP contribution < -0.4 is 5.32 Å². The van der Waals surface area contributed by atoms with E-state index in [1.807, 2.05) is 31.2 Å². The highest BCUT2D eigenvalue weighted by atomic mass is 79.9. The summed E-state index contributed by atoms with van der Waals surface area (Å²) in [6.45, 7) is 3.81. The number of hydrogen-bond acceptors (Lipinski definition) is 3. The normalized spacial score (nSPS) is 14.2. The number of nitrogens with one attached hydrogen (secondary N) is 1. The lowest BCUT2D eigenvalue weighted by atomic mass is 10.1. The molecule has 1 aromatic rings. The first-order valence-corrected chi connectivity index (χ1v) is 5.93. The van der Waals surface area contributed by atoms with Gasteiger partial charge in [0.25, 0.3) is 0 Å². The molecule has 3 nitrogen and oxygen atoms in total. The van der Waals surface area contributed by atoms with Crippen LogP contribution in [0.1, 0.15) is 25.5 Å². The van der Waals surface area contributed by atoms with Crippen molar-refractivity contribution in [2.45, 2.75) is 25.9 Å². The molecule has 16 heavy (non-hydrogen) atoms. The Labute approximate surface area is 104 Å². The van der Waals surface area contributed by atoms with E-state index in [1.165, 1.54) is 7.11 Å². The largest absolute Gasteiger partial charge is 0.468 e. The number of carbonyl (C=O) groups excluding carboxylic acids is 1. The van der Waals surface area contributed by atoms with Crippen molar-refractivity contribution in [2.24, 2.45) is 0 Å². The van der Waals surface area contributed by atoms with E-state index in [0.29, 0.717) is 0 Å². The molecule has 0 aliphatic heterocycles. The number of ether oxygens (including phenoxy) is 1. The van der Waals surface area contributed by atoms with Gasteiger partial charge in [-0.2, -0.15) is 0 Å². The molecule has 0 amide bonds. The van der Waals surface area contributed by atoms with E-state index in [2.05, 4.69) is 26.0 Å². The first-order chi connectivity index (χ1) is 7.54. The van der Waals surface area contributed by atoms with Crippen molar-refractivity contribution in [2.75, 3.05) is 7.11 Å². The minimum Gasteiger partial charge on any atom is -0.468 e. The SMILES string of the molecule is COC(=O)C(C)NC(C)c1ccc(Br)cc1. The fourth-order valence-electron chi connectivity index (χ4n) is 1.47. The van der Waals surface area contributed by atoms with Crippen LogP contribution in [0.3, 0.4) is 0 Å². The number of benzene rings is 1. The lowest BCUT2D eigenvalue weighted by Crippen LogP contribution is -2.36. The molecule has 1 rings (SSSR count). The van der Waals surface area contributed by atoms with Gasteiger partial charge in [-0.15, -0.1) is 0 Å². The molecule has 0 heterocycles. The second-order valence-electron chi connectivity index (χ2n) is 3.68. The van der Waals surface area contributed by atoms with Crippen LogP contribution in [-0.2, 0) is 9.53 Å². The van der Waals surface area contributed by atoms with Crippen LogP contribution in [0.25, 0.3) is 0 Å². The molecule has 0 aliphatic carbocycles. The fraction of sp³-hybridized carbons (Fsp3) is 0.417. The minimum atomic E-state index is -0.302. The van der Waals surface area contributed by atoms with Crippen LogP contribution in [0.15, 0.2) is 28.7 Å². The van der Waals surface area contributed by atoms with Crippen molar-refractivity contribution < 1.29 is 9.53 Å². The fourth-order valence-corrected chi connectivity index (χ4v) is 1.73. The molecule has 4 heteroatoms. The van der Waals surface area contributed by atoms with Gasteiger partial charge in [0.05, 0.1) is 7.11 Å². The summed E-state index contributed by atoms with van der Waals surface area (Å²) in [5, 5.41) is 3.18. The number of carbonyl (C=O) groups is 1. The summed E-state index contributed by atoms with van der Waals surface area (Å²) in [7, 11) is 1.39. The molecule has 0 saturated carbocycles. The second-order valence-corrected chi connectivity index (χ2v) is 4.60. The molecule has 0 saturated heterocycles. The standard InChI is InChI=1S/C12H16BrNO2/c1-8(14-9(2)12(15)16-3)10-4-6-11(13)7-5-10/h4-9,14H,1-3H3. The molecule has 0 radical (unpaired) electrons. The lowest BCUT2D eigenvalue weighted by molar-refractivity contribution is -0.142. The molecule has 1 N–H and O–H groups in total. The predicted molar refractivity (Wildman–Crippen MR) is 67.2 cm³/mol. The van der Waals surface area contributed by atoms with Gasteiger partial charge in [0.2, 0.25) is 0 Å². The van der Waals surface area contributed by atoms with Gasteiger partial charge < -0.3 is 4.74 Å². The average molecular weight is 286 g/mol. The second kappa shape index (κ2) is 6.01. The van der Waals surface area contributed by atoms with Crippen LogP contribution in [0.5, 0.6) is 0 Å². The van der Waals surface area contributed by atoms with Gasteiger partial charge in [-0.3, -0.25) is 10.1 Å². The highest BCUT2D eigenvalue weighted by Gasteiger charge is 2.16. The van der Waals surface area contributed by atoms with Crippen LogP contribution in [0.4, 0.5) is 0 Å². The Morgan fingerprint density at radius 2 is 1.88 bits per heavy atom. The van der Waals surface area contributed by atoms with E-state index in [1.54, 1.807) is 6.92 Å². The molecular weight excluding hydrogens is 270 g/mol. The van der Waals surface area contributed by atoms with Crippen LogP contribution in [0, 0.1) is 0 Å². The van der Waals surface area contributed by atoms with Gasteiger partial charge in [-0.25, -0.2) is 0 Å². The topological polar surface area (TPSA) is 38.3 Å². The first-order valence-electron chi connectivity index (χ1n) is 5.14. The van der Waals surface area contributed by atoms with Crippen molar-refractivity contribution in [3.8, 4) is 0 Å². The lowest BCUT2D eigenvalue weighted by Gasteiger charge is -2.18. The van der Waals surface area contributed by atoms with Gasteiger partial charge >= 0.3 is 5.97 Å².